The molecule has 174 valence electrons. The Morgan fingerprint density at radius 2 is 2.00 bits per heavy atom. The number of nitrogens with zero attached hydrogens (tertiary/aromatic N) is 2. The van der Waals surface area contributed by atoms with E-state index in [0.717, 1.165) is 16.5 Å². The maximum atomic E-state index is 12.7. The first kappa shape index (κ1) is 22.9. The van der Waals surface area contributed by atoms with Crippen molar-refractivity contribution in [2.24, 2.45) is 0 Å². The van der Waals surface area contributed by atoms with Gasteiger partial charge in [-0.25, -0.2) is 0 Å². The average Bonchev–Trinajstić information content (AvgIpc) is 3.45. The fourth-order valence-corrected chi connectivity index (χ4v) is 3.66. The van der Waals surface area contributed by atoms with E-state index in [0.29, 0.717) is 30.2 Å². The highest BCUT2D eigenvalue weighted by molar-refractivity contribution is 6.04. The second-order valence-corrected chi connectivity index (χ2v) is 7.61. The average molecular weight is 460 g/mol. The van der Waals surface area contributed by atoms with Crippen molar-refractivity contribution < 1.29 is 23.8 Å². The third kappa shape index (κ3) is 5.19. The molecule has 2 aromatic carbocycles. The molecular weight excluding hydrogens is 436 g/mol. The molecule has 3 aromatic rings. The number of methoxy groups -OCH3 is 1. The summed E-state index contributed by atoms with van der Waals surface area (Å²) in [4.78, 5) is 25.0. The van der Waals surface area contributed by atoms with Crippen LogP contribution >= 0.6 is 0 Å². The predicted molar refractivity (Wildman–Crippen MR) is 125 cm³/mol. The summed E-state index contributed by atoms with van der Waals surface area (Å²) in [5.74, 6) is 0.642. The molecule has 2 N–H and O–H groups in total. The van der Waals surface area contributed by atoms with Crippen LogP contribution in [-0.2, 0) is 27.4 Å². The Morgan fingerprint density at radius 3 is 2.82 bits per heavy atom. The van der Waals surface area contributed by atoms with Crippen molar-refractivity contribution in [3.63, 3.8) is 0 Å². The van der Waals surface area contributed by atoms with E-state index in [2.05, 4.69) is 10.6 Å². The van der Waals surface area contributed by atoms with E-state index >= 15 is 0 Å². The molecule has 0 bridgehead atoms. The lowest BCUT2D eigenvalue weighted by atomic mass is 10.1. The molecule has 0 aliphatic carbocycles. The number of nitrogens with one attached hydrogen (secondary N) is 2. The van der Waals surface area contributed by atoms with Gasteiger partial charge in [-0.3, -0.25) is 9.59 Å². The predicted octanol–water partition coefficient (Wildman–Crippen LogP) is 2.36. The lowest BCUT2D eigenvalue weighted by Crippen LogP contribution is -2.30. The van der Waals surface area contributed by atoms with Crippen LogP contribution in [0.1, 0.15) is 11.1 Å². The van der Waals surface area contributed by atoms with Gasteiger partial charge in [0.15, 0.2) is 11.5 Å². The summed E-state index contributed by atoms with van der Waals surface area (Å²) >= 11 is 0. The van der Waals surface area contributed by atoms with E-state index in [9.17, 15) is 14.9 Å². The molecular formula is C25H24N4O5. The molecule has 2 heterocycles. The molecule has 0 spiro atoms. The minimum atomic E-state index is -0.491. The van der Waals surface area contributed by atoms with Crippen molar-refractivity contribution in [1.82, 2.24) is 15.2 Å². The highest BCUT2D eigenvalue weighted by Crippen LogP contribution is 2.32. The molecule has 0 unspecified atom stereocenters. The van der Waals surface area contributed by atoms with Crippen LogP contribution in [0.2, 0.25) is 0 Å². The van der Waals surface area contributed by atoms with Crippen LogP contribution in [0.25, 0.3) is 17.0 Å². The first-order valence-corrected chi connectivity index (χ1v) is 10.7. The number of para-hydroxylation sites is 1. The maximum Gasteiger partial charge on any atom is 0.262 e. The summed E-state index contributed by atoms with van der Waals surface area (Å²) < 4.78 is 17.4. The second-order valence-electron chi connectivity index (χ2n) is 7.61. The summed E-state index contributed by atoms with van der Waals surface area (Å²) in [6, 6.07) is 14.9. The molecule has 0 saturated heterocycles. The standard InChI is InChI=1S/C25H24N4O5/c1-32-9-8-27-24(30)15-29-14-19(20-4-2-3-5-21(20)29)11-18(12-26)25(31)28-13-17-6-7-22-23(10-17)34-16-33-22/h2-7,10-11,14H,8-9,13,15-16H2,1H3,(H,27,30)(H,28,31). The molecule has 0 atom stereocenters. The Hall–Kier alpha value is -4.29. The van der Waals surface area contributed by atoms with E-state index in [4.69, 9.17) is 14.2 Å². The normalized spacial score (nSPS) is 12.4. The van der Waals surface area contributed by atoms with Crippen LogP contribution in [0.4, 0.5) is 0 Å². The molecule has 0 fully saturated rings. The SMILES string of the molecule is COCCNC(=O)Cn1cc(C=C(C#N)C(=O)NCc2ccc3c(c2)OCO3)c2ccccc21. The first-order chi connectivity index (χ1) is 16.6. The topological polar surface area (TPSA) is 115 Å². The van der Waals surface area contributed by atoms with Crippen molar-refractivity contribution in [2.75, 3.05) is 27.1 Å². The fraction of sp³-hybridized carbons (Fsp3) is 0.240. The summed E-state index contributed by atoms with van der Waals surface area (Å²) in [5.41, 5.74) is 2.29. The number of amides is 2. The van der Waals surface area contributed by atoms with Gasteiger partial charge in [0.2, 0.25) is 12.7 Å². The van der Waals surface area contributed by atoms with E-state index < -0.39 is 5.91 Å². The van der Waals surface area contributed by atoms with Crippen molar-refractivity contribution >= 4 is 28.8 Å². The van der Waals surface area contributed by atoms with Crippen molar-refractivity contribution in [3.05, 3.63) is 65.4 Å². The number of ether oxygens (including phenoxy) is 3. The maximum absolute atomic E-state index is 12.7. The molecule has 1 aromatic heterocycles. The number of fused-ring (bicyclic) bond motifs is 2. The van der Waals surface area contributed by atoms with Gasteiger partial charge < -0.3 is 29.4 Å². The van der Waals surface area contributed by atoms with Gasteiger partial charge in [0.25, 0.3) is 5.91 Å². The van der Waals surface area contributed by atoms with E-state index in [1.54, 1.807) is 30.0 Å². The van der Waals surface area contributed by atoms with Gasteiger partial charge in [0.05, 0.1) is 6.61 Å². The van der Waals surface area contributed by atoms with Crippen molar-refractivity contribution in [2.45, 2.75) is 13.1 Å². The summed E-state index contributed by atoms with van der Waals surface area (Å²) in [7, 11) is 1.57. The molecule has 0 saturated carbocycles. The Kier molecular flexibility index (Phi) is 7.10. The monoisotopic (exact) mass is 460 g/mol. The number of benzene rings is 2. The Bertz CT molecular complexity index is 1290. The quantitative estimate of drug-likeness (QED) is 0.288. The van der Waals surface area contributed by atoms with Gasteiger partial charge in [-0.2, -0.15) is 5.26 Å². The number of aromatic nitrogens is 1. The number of hydrogen-bond donors (Lipinski definition) is 2. The van der Waals surface area contributed by atoms with Gasteiger partial charge in [-0.15, -0.1) is 0 Å². The number of hydrogen-bond acceptors (Lipinski definition) is 6. The van der Waals surface area contributed by atoms with Gasteiger partial charge in [-0.1, -0.05) is 24.3 Å². The Balaban J connectivity index is 1.50. The third-order valence-electron chi connectivity index (χ3n) is 5.32. The van der Waals surface area contributed by atoms with Crippen LogP contribution in [0.15, 0.2) is 54.2 Å². The van der Waals surface area contributed by atoms with Gasteiger partial charge in [0.1, 0.15) is 18.2 Å². The van der Waals surface area contributed by atoms with Gasteiger partial charge in [0, 0.05) is 42.9 Å². The van der Waals surface area contributed by atoms with Crippen LogP contribution in [0.5, 0.6) is 11.5 Å². The van der Waals surface area contributed by atoms with Crippen LogP contribution < -0.4 is 20.1 Å². The number of carbonyl (C=O) groups excluding carboxylic acids is 2. The highest BCUT2D eigenvalue weighted by atomic mass is 16.7. The number of carbonyl (C=O) groups is 2. The zero-order valence-electron chi connectivity index (χ0n) is 18.7. The van der Waals surface area contributed by atoms with Crippen LogP contribution in [0.3, 0.4) is 0 Å². The molecule has 34 heavy (non-hydrogen) atoms. The molecule has 0 radical (unpaired) electrons. The lowest BCUT2D eigenvalue weighted by Gasteiger charge is -2.06. The zero-order valence-corrected chi connectivity index (χ0v) is 18.7. The highest BCUT2D eigenvalue weighted by Gasteiger charge is 2.16. The number of rotatable bonds is 9. The summed E-state index contributed by atoms with van der Waals surface area (Å²) in [6.45, 7) is 1.37. The Morgan fingerprint density at radius 1 is 1.18 bits per heavy atom. The smallest absolute Gasteiger partial charge is 0.262 e. The van der Waals surface area contributed by atoms with Crippen molar-refractivity contribution in [1.29, 1.82) is 5.26 Å². The zero-order chi connectivity index (χ0) is 23.9. The Labute approximate surface area is 196 Å². The lowest BCUT2D eigenvalue weighted by molar-refractivity contribution is -0.121. The molecule has 9 nitrogen and oxygen atoms in total. The van der Waals surface area contributed by atoms with Gasteiger partial charge >= 0.3 is 0 Å². The van der Waals surface area contributed by atoms with Crippen molar-refractivity contribution in [3.8, 4) is 17.6 Å². The first-order valence-electron chi connectivity index (χ1n) is 10.7. The molecule has 9 heteroatoms. The van der Waals surface area contributed by atoms with Crippen LogP contribution in [0, 0.1) is 11.3 Å². The van der Waals surface area contributed by atoms with Crippen LogP contribution in [-0.4, -0.2) is 43.4 Å². The van der Waals surface area contributed by atoms with E-state index in [1.807, 2.05) is 36.4 Å². The largest absolute Gasteiger partial charge is 0.454 e. The van der Waals surface area contributed by atoms with E-state index in [1.165, 1.54) is 6.08 Å². The third-order valence-corrected chi connectivity index (χ3v) is 5.32. The minimum Gasteiger partial charge on any atom is -0.454 e. The second kappa shape index (κ2) is 10.6. The van der Waals surface area contributed by atoms with E-state index in [-0.39, 0.29) is 31.4 Å². The number of nitriles is 1. The summed E-state index contributed by atoms with van der Waals surface area (Å²) in [6.07, 6.45) is 3.31. The minimum absolute atomic E-state index is 0.0341. The molecule has 1 aliphatic rings. The molecule has 1 aliphatic heterocycles. The molecule has 4 rings (SSSR count). The fourth-order valence-electron chi connectivity index (χ4n) is 3.66. The summed E-state index contributed by atoms with van der Waals surface area (Å²) in [5, 5.41) is 16.0. The molecule has 2 amide bonds. The van der Waals surface area contributed by atoms with Gasteiger partial charge in [-0.05, 0) is 29.8 Å².